The number of nitrogens with two attached hydrogens (primary N) is 1. The molecule has 1 unspecified atom stereocenters. The molecule has 16 heavy (non-hydrogen) atoms. The summed E-state index contributed by atoms with van der Waals surface area (Å²) in [5.41, 5.74) is 6.93. The Hall–Kier alpha value is -1.00. The van der Waals surface area contributed by atoms with E-state index in [1.165, 1.54) is 6.07 Å². The summed E-state index contributed by atoms with van der Waals surface area (Å²) >= 11 is 0. The van der Waals surface area contributed by atoms with Crippen LogP contribution in [0.15, 0.2) is 12.1 Å². The monoisotopic (exact) mass is 226 g/mol. The van der Waals surface area contributed by atoms with Gasteiger partial charge in [-0.15, -0.1) is 0 Å². The van der Waals surface area contributed by atoms with Crippen LogP contribution in [0.4, 0.5) is 8.78 Å². The van der Waals surface area contributed by atoms with Crippen LogP contribution in [0.5, 0.6) is 0 Å². The zero-order chi connectivity index (χ0) is 11.7. The van der Waals surface area contributed by atoms with E-state index in [1.54, 1.807) is 0 Å². The lowest BCUT2D eigenvalue weighted by molar-refractivity contribution is 0.202. The third kappa shape index (κ3) is 1.95. The number of halogens is 2. The average molecular weight is 226 g/mol. The van der Waals surface area contributed by atoms with Gasteiger partial charge in [-0.1, -0.05) is 0 Å². The summed E-state index contributed by atoms with van der Waals surface area (Å²) in [7, 11) is 0. The van der Waals surface area contributed by atoms with E-state index in [4.69, 9.17) is 5.73 Å². The molecule has 1 heterocycles. The second-order valence-corrected chi connectivity index (χ2v) is 4.21. The Morgan fingerprint density at radius 2 is 2.19 bits per heavy atom. The van der Waals surface area contributed by atoms with Gasteiger partial charge in [0.2, 0.25) is 0 Å². The highest BCUT2D eigenvalue weighted by Crippen LogP contribution is 2.31. The largest absolute Gasteiger partial charge is 0.329 e. The fourth-order valence-electron chi connectivity index (χ4n) is 2.38. The molecule has 0 amide bonds. The fourth-order valence-corrected chi connectivity index (χ4v) is 2.38. The van der Waals surface area contributed by atoms with Gasteiger partial charge in [0.15, 0.2) is 0 Å². The lowest BCUT2D eigenvalue weighted by Crippen LogP contribution is -2.37. The summed E-state index contributed by atoms with van der Waals surface area (Å²) in [4.78, 5) is 2.15. The first-order chi connectivity index (χ1) is 7.63. The average Bonchev–Trinajstić information content (AvgIpc) is 2.23. The summed E-state index contributed by atoms with van der Waals surface area (Å²) in [5.74, 6) is -0.924. The van der Waals surface area contributed by atoms with Crippen LogP contribution in [0.2, 0.25) is 0 Å². The van der Waals surface area contributed by atoms with Crippen LogP contribution in [0.1, 0.15) is 24.1 Å². The Kier molecular flexibility index (Phi) is 3.21. The molecule has 1 aliphatic rings. The standard InChI is InChI=1S/C12H16F2N2/c1-8-11-6-9(13)7-12(14)10(11)2-4-16(8)5-3-15/h6-8H,2-5,15H2,1H3. The summed E-state index contributed by atoms with van der Waals surface area (Å²) in [6.45, 7) is 4.08. The smallest absolute Gasteiger partial charge is 0.129 e. The van der Waals surface area contributed by atoms with Crippen LogP contribution in [0, 0.1) is 11.6 Å². The van der Waals surface area contributed by atoms with Crippen molar-refractivity contribution in [1.82, 2.24) is 4.90 Å². The lowest BCUT2D eigenvalue weighted by atomic mass is 9.93. The third-order valence-corrected chi connectivity index (χ3v) is 3.26. The molecule has 4 heteroatoms. The Balaban J connectivity index is 2.36. The van der Waals surface area contributed by atoms with E-state index in [0.29, 0.717) is 18.5 Å². The molecule has 1 aliphatic heterocycles. The van der Waals surface area contributed by atoms with Gasteiger partial charge in [-0.25, -0.2) is 8.78 Å². The maximum atomic E-state index is 13.5. The number of benzene rings is 1. The Morgan fingerprint density at radius 1 is 1.44 bits per heavy atom. The molecular weight excluding hydrogens is 210 g/mol. The highest BCUT2D eigenvalue weighted by Gasteiger charge is 2.25. The van der Waals surface area contributed by atoms with Gasteiger partial charge < -0.3 is 5.73 Å². The number of nitrogens with zero attached hydrogens (tertiary/aromatic N) is 1. The van der Waals surface area contributed by atoms with Crippen molar-refractivity contribution in [2.45, 2.75) is 19.4 Å². The Bertz CT molecular complexity index is 393. The Morgan fingerprint density at radius 3 is 2.88 bits per heavy atom. The molecule has 0 aromatic heterocycles. The quantitative estimate of drug-likeness (QED) is 0.833. The lowest BCUT2D eigenvalue weighted by Gasteiger charge is -2.35. The van der Waals surface area contributed by atoms with Crippen LogP contribution in [0.25, 0.3) is 0 Å². The molecule has 1 aromatic carbocycles. The highest BCUT2D eigenvalue weighted by molar-refractivity contribution is 5.34. The van der Waals surface area contributed by atoms with Crippen molar-refractivity contribution < 1.29 is 8.78 Å². The van der Waals surface area contributed by atoms with Crippen molar-refractivity contribution in [2.24, 2.45) is 5.73 Å². The molecule has 2 nitrogen and oxygen atoms in total. The molecule has 0 aliphatic carbocycles. The van der Waals surface area contributed by atoms with Gasteiger partial charge in [-0.2, -0.15) is 0 Å². The molecule has 0 bridgehead atoms. The first kappa shape index (κ1) is 11.5. The minimum atomic E-state index is -0.502. The van der Waals surface area contributed by atoms with E-state index in [1.807, 2.05) is 6.92 Å². The molecule has 0 fully saturated rings. The van der Waals surface area contributed by atoms with Gasteiger partial charge in [0, 0.05) is 31.7 Å². The van der Waals surface area contributed by atoms with Crippen LogP contribution in [0.3, 0.4) is 0 Å². The normalized spacial score (nSPS) is 20.9. The van der Waals surface area contributed by atoms with Crippen molar-refractivity contribution in [2.75, 3.05) is 19.6 Å². The number of hydrogen-bond acceptors (Lipinski definition) is 2. The number of rotatable bonds is 2. The van der Waals surface area contributed by atoms with Crippen LogP contribution in [-0.4, -0.2) is 24.5 Å². The summed E-state index contributed by atoms with van der Waals surface area (Å²) in [5, 5.41) is 0. The van der Waals surface area contributed by atoms with Gasteiger partial charge in [0.1, 0.15) is 11.6 Å². The molecule has 1 aromatic rings. The zero-order valence-corrected chi connectivity index (χ0v) is 9.34. The zero-order valence-electron chi connectivity index (χ0n) is 9.34. The first-order valence-corrected chi connectivity index (χ1v) is 5.55. The molecule has 88 valence electrons. The second kappa shape index (κ2) is 4.47. The van der Waals surface area contributed by atoms with Crippen LogP contribution < -0.4 is 5.73 Å². The molecular formula is C12H16F2N2. The van der Waals surface area contributed by atoms with Gasteiger partial charge in [-0.3, -0.25) is 4.90 Å². The second-order valence-electron chi connectivity index (χ2n) is 4.21. The maximum Gasteiger partial charge on any atom is 0.129 e. The minimum Gasteiger partial charge on any atom is -0.329 e. The van der Waals surface area contributed by atoms with E-state index in [2.05, 4.69) is 4.90 Å². The molecule has 0 saturated carbocycles. The van der Waals surface area contributed by atoms with Gasteiger partial charge >= 0.3 is 0 Å². The first-order valence-electron chi connectivity index (χ1n) is 5.55. The van der Waals surface area contributed by atoms with E-state index in [9.17, 15) is 8.78 Å². The Labute approximate surface area is 94.0 Å². The predicted molar refractivity (Wildman–Crippen MR) is 59.1 cm³/mol. The summed E-state index contributed by atoms with van der Waals surface area (Å²) in [6, 6.07) is 2.44. The fraction of sp³-hybridized carbons (Fsp3) is 0.500. The molecule has 0 saturated heterocycles. The number of hydrogen-bond donors (Lipinski definition) is 1. The van der Waals surface area contributed by atoms with E-state index in [0.717, 1.165) is 24.7 Å². The summed E-state index contributed by atoms with van der Waals surface area (Å²) < 4.78 is 26.7. The van der Waals surface area contributed by atoms with Crippen LogP contribution in [-0.2, 0) is 6.42 Å². The van der Waals surface area contributed by atoms with Gasteiger partial charge in [0.25, 0.3) is 0 Å². The predicted octanol–water partition coefficient (Wildman–Crippen LogP) is 1.84. The van der Waals surface area contributed by atoms with Crippen molar-refractivity contribution >= 4 is 0 Å². The molecule has 2 N–H and O–H groups in total. The number of fused-ring (bicyclic) bond motifs is 1. The highest BCUT2D eigenvalue weighted by atomic mass is 19.1. The topological polar surface area (TPSA) is 29.3 Å². The van der Waals surface area contributed by atoms with Crippen molar-refractivity contribution in [3.63, 3.8) is 0 Å². The molecule has 2 rings (SSSR count). The van der Waals surface area contributed by atoms with E-state index in [-0.39, 0.29) is 6.04 Å². The SMILES string of the molecule is CC1c2cc(F)cc(F)c2CCN1CCN. The molecule has 0 spiro atoms. The molecule has 0 radical (unpaired) electrons. The van der Waals surface area contributed by atoms with Crippen molar-refractivity contribution in [3.8, 4) is 0 Å². The van der Waals surface area contributed by atoms with E-state index >= 15 is 0 Å². The minimum absolute atomic E-state index is 0.0394. The van der Waals surface area contributed by atoms with Crippen molar-refractivity contribution in [3.05, 3.63) is 34.9 Å². The van der Waals surface area contributed by atoms with Crippen molar-refractivity contribution in [1.29, 1.82) is 0 Å². The van der Waals surface area contributed by atoms with Gasteiger partial charge in [0.05, 0.1) is 0 Å². The molecule has 1 atom stereocenters. The maximum absolute atomic E-state index is 13.5. The van der Waals surface area contributed by atoms with E-state index < -0.39 is 11.6 Å². The third-order valence-electron chi connectivity index (χ3n) is 3.26. The van der Waals surface area contributed by atoms with Crippen LogP contribution >= 0.6 is 0 Å². The van der Waals surface area contributed by atoms with Gasteiger partial charge in [-0.05, 0) is 30.5 Å². The summed E-state index contributed by atoms with van der Waals surface area (Å²) in [6.07, 6.45) is 0.631.